The van der Waals surface area contributed by atoms with Crippen molar-refractivity contribution in [3.8, 4) is 5.75 Å². The average molecular weight is 507 g/mol. The van der Waals surface area contributed by atoms with Gasteiger partial charge in [-0.25, -0.2) is 4.79 Å². The number of primary amides is 1. The van der Waals surface area contributed by atoms with E-state index in [-0.39, 0.29) is 17.2 Å². The molecular formula is C24H34N4O8. The minimum atomic E-state index is -1.42. The van der Waals surface area contributed by atoms with Crippen LogP contribution in [0.4, 0.5) is 4.79 Å². The molecule has 0 saturated heterocycles. The fraction of sp³-hybridized carbons (Fsp3) is 0.542. The Balaban J connectivity index is 2.48. The molecule has 0 radical (unpaired) electrons. The summed E-state index contributed by atoms with van der Waals surface area (Å²) < 4.78 is 9.79. The van der Waals surface area contributed by atoms with Crippen LogP contribution in [0.1, 0.15) is 52.1 Å². The monoisotopic (exact) mass is 506 g/mol. The zero-order valence-electron chi connectivity index (χ0n) is 21.1. The fourth-order valence-electron chi connectivity index (χ4n) is 3.66. The number of hydrogen-bond acceptors (Lipinski definition) is 8. The molecule has 1 aliphatic rings. The second-order valence-electron chi connectivity index (χ2n) is 9.69. The molecular weight excluding hydrogens is 472 g/mol. The van der Waals surface area contributed by atoms with Crippen LogP contribution >= 0.6 is 0 Å². The third-order valence-electron chi connectivity index (χ3n) is 5.42. The minimum Gasteiger partial charge on any atom is -0.508 e. The first kappa shape index (κ1) is 28.4. The van der Waals surface area contributed by atoms with Crippen molar-refractivity contribution in [1.82, 2.24) is 15.5 Å². The SMILES string of the molecule is COC(=O)CNC(=O)C(c1cccc(O)c1)N(C(=O)C(CC(N)=O)NC(=O)OC(C)(C)C)C1CC1C. The summed E-state index contributed by atoms with van der Waals surface area (Å²) in [6, 6.07) is 2.64. The maximum Gasteiger partial charge on any atom is 0.408 e. The number of nitrogens with zero attached hydrogens (tertiary/aromatic N) is 1. The van der Waals surface area contributed by atoms with Crippen LogP contribution < -0.4 is 16.4 Å². The first-order valence-electron chi connectivity index (χ1n) is 11.5. The van der Waals surface area contributed by atoms with Crippen LogP contribution in [0.3, 0.4) is 0 Å². The van der Waals surface area contributed by atoms with Crippen molar-refractivity contribution in [2.24, 2.45) is 11.7 Å². The van der Waals surface area contributed by atoms with E-state index in [4.69, 9.17) is 10.5 Å². The van der Waals surface area contributed by atoms with Crippen LogP contribution in [0.5, 0.6) is 5.75 Å². The lowest BCUT2D eigenvalue weighted by Gasteiger charge is -2.34. The van der Waals surface area contributed by atoms with Gasteiger partial charge in [-0.3, -0.25) is 19.2 Å². The number of benzene rings is 1. The lowest BCUT2D eigenvalue weighted by molar-refractivity contribution is -0.146. The van der Waals surface area contributed by atoms with E-state index in [1.54, 1.807) is 26.8 Å². The molecule has 0 heterocycles. The first-order valence-corrected chi connectivity index (χ1v) is 11.5. The predicted octanol–water partition coefficient (Wildman–Crippen LogP) is 0.728. The number of methoxy groups -OCH3 is 1. The van der Waals surface area contributed by atoms with Crippen LogP contribution in [-0.4, -0.2) is 71.1 Å². The predicted molar refractivity (Wildman–Crippen MR) is 127 cm³/mol. The molecule has 4 atom stereocenters. The number of rotatable bonds is 10. The molecule has 1 fully saturated rings. The normalized spacial score (nSPS) is 18.2. The molecule has 5 N–H and O–H groups in total. The number of nitrogens with two attached hydrogens (primary N) is 1. The van der Waals surface area contributed by atoms with Gasteiger partial charge in [0.1, 0.15) is 30.0 Å². The third-order valence-corrected chi connectivity index (χ3v) is 5.42. The van der Waals surface area contributed by atoms with Crippen LogP contribution in [0.25, 0.3) is 0 Å². The number of phenolic OH excluding ortho intramolecular Hbond substituents is 1. The number of ether oxygens (including phenoxy) is 2. The van der Waals surface area contributed by atoms with E-state index in [0.29, 0.717) is 6.42 Å². The Kier molecular flexibility index (Phi) is 9.26. The Morgan fingerprint density at radius 1 is 1.22 bits per heavy atom. The van der Waals surface area contributed by atoms with Gasteiger partial charge in [0, 0.05) is 6.04 Å². The number of carbonyl (C=O) groups excluding carboxylic acids is 5. The second kappa shape index (κ2) is 11.7. The van der Waals surface area contributed by atoms with Gasteiger partial charge in [-0.2, -0.15) is 0 Å². The van der Waals surface area contributed by atoms with Gasteiger partial charge in [0.25, 0.3) is 0 Å². The summed E-state index contributed by atoms with van der Waals surface area (Å²) in [6.45, 7) is 6.34. The molecule has 12 heteroatoms. The number of carbonyl (C=O) groups is 5. The van der Waals surface area contributed by atoms with Crippen LogP contribution in [0.2, 0.25) is 0 Å². The number of esters is 1. The van der Waals surface area contributed by atoms with E-state index in [1.165, 1.54) is 30.2 Å². The highest BCUT2D eigenvalue weighted by Crippen LogP contribution is 2.41. The molecule has 0 bridgehead atoms. The molecule has 4 amide bonds. The summed E-state index contributed by atoms with van der Waals surface area (Å²) in [6.07, 6.45) is -0.914. The molecule has 1 saturated carbocycles. The zero-order valence-corrected chi connectivity index (χ0v) is 21.1. The van der Waals surface area contributed by atoms with Gasteiger partial charge in [0.05, 0.1) is 13.5 Å². The highest BCUT2D eigenvalue weighted by atomic mass is 16.6. The van der Waals surface area contributed by atoms with E-state index in [0.717, 1.165) is 0 Å². The Morgan fingerprint density at radius 2 is 1.86 bits per heavy atom. The number of alkyl carbamates (subject to hydrolysis) is 1. The standard InChI is InChI=1S/C24H34N4O8/c1-13-9-17(13)28(22(33)16(11-18(25)30)27-23(34)36-24(2,3)4)20(14-7-6-8-15(29)10-14)21(32)26-12-19(31)35-5/h6-8,10,13,16-17,20,29H,9,11-12H2,1-5H3,(H2,25,30)(H,26,32)(H,27,34). The lowest BCUT2D eigenvalue weighted by Crippen LogP contribution is -2.55. The highest BCUT2D eigenvalue weighted by molar-refractivity contribution is 5.95. The summed E-state index contributed by atoms with van der Waals surface area (Å²) in [5.41, 5.74) is 4.75. The number of nitrogens with one attached hydrogen (secondary N) is 2. The summed E-state index contributed by atoms with van der Waals surface area (Å²) in [7, 11) is 1.17. The second-order valence-corrected chi connectivity index (χ2v) is 9.69. The van der Waals surface area contributed by atoms with Crippen molar-refractivity contribution in [1.29, 1.82) is 0 Å². The largest absolute Gasteiger partial charge is 0.508 e. The summed E-state index contributed by atoms with van der Waals surface area (Å²) in [5, 5.41) is 14.9. The van der Waals surface area contributed by atoms with Crippen LogP contribution in [0.15, 0.2) is 24.3 Å². The van der Waals surface area contributed by atoms with E-state index in [2.05, 4.69) is 15.4 Å². The topological polar surface area (TPSA) is 177 Å². The average Bonchev–Trinajstić information content (AvgIpc) is 3.48. The molecule has 2 rings (SSSR count). The van der Waals surface area contributed by atoms with E-state index in [1.807, 2.05) is 6.92 Å². The fourth-order valence-corrected chi connectivity index (χ4v) is 3.66. The molecule has 1 aliphatic carbocycles. The Labute approximate surface area is 209 Å². The molecule has 0 aliphatic heterocycles. The molecule has 1 aromatic carbocycles. The van der Waals surface area contributed by atoms with Gasteiger partial charge in [-0.05, 0) is 50.8 Å². The molecule has 1 aromatic rings. The molecule has 0 spiro atoms. The van der Waals surface area contributed by atoms with Crippen LogP contribution in [0, 0.1) is 5.92 Å². The molecule has 4 unspecified atom stereocenters. The van der Waals surface area contributed by atoms with Gasteiger partial charge in [0.15, 0.2) is 0 Å². The number of hydrogen-bond donors (Lipinski definition) is 4. The Morgan fingerprint density at radius 3 is 2.36 bits per heavy atom. The van der Waals surface area contributed by atoms with Crippen molar-refractivity contribution < 1.29 is 38.6 Å². The van der Waals surface area contributed by atoms with Gasteiger partial charge in [-0.1, -0.05) is 19.1 Å². The van der Waals surface area contributed by atoms with Gasteiger partial charge < -0.3 is 35.8 Å². The van der Waals surface area contributed by atoms with Crippen molar-refractivity contribution in [3.63, 3.8) is 0 Å². The molecule has 0 aromatic heterocycles. The molecule has 12 nitrogen and oxygen atoms in total. The van der Waals surface area contributed by atoms with E-state index >= 15 is 0 Å². The van der Waals surface area contributed by atoms with Crippen molar-refractivity contribution >= 4 is 29.8 Å². The minimum absolute atomic E-state index is 0.0120. The Hall–Kier alpha value is -3.83. The number of aromatic hydroxyl groups is 1. The summed E-state index contributed by atoms with van der Waals surface area (Å²) >= 11 is 0. The van der Waals surface area contributed by atoms with Gasteiger partial charge >= 0.3 is 12.1 Å². The highest BCUT2D eigenvalue weighted by Gasteiger charge is 2.48. The maximum absolute atomic E-state index is 13.8. The van der Waals surface area contributed by atoms with E-state index in [9.17, 15) is 29.1 Å². The van der Waals surface area contributed by atoms with Gasteiger partial charge in [0.2, 0.25) is 17.7 Å². The van der Waals surface area contributed by atoms with Gasteiger partial charge in [-0.15, -0.1) is 0 Å². The maximum atomic E-state index is 13.8. The molecule has 36 heavy (non-hydrogen) atoms. The third kappa shape index (κ3) is 8.14. The van der Waals surface area contributed by atoms with Crippen molar-refractivity contribution in [2.45, 2.75) is 64.3 Å². The van der Waals surface area contributed by atoms with Crippen molar-refractivity contribution in [2.75, 3.05) is 13.7 Å². The summed E-state index contributed by atoms with van der Waals surface area (Å²) in [5.74, 6) is -3.14. The van der Waals surface area contributed by atoms with E-state index < -0.39 is 66.5 Å². The first-order chi connectivity index (χ1) is 16.7. The zero-order chi connectivity index (χ0) is 27.2. The number of phenols is 1. The smallest absolute Gasteiger partial charge is 0.408 e. The molecule has 198 valence electrons. The van der Waals surface area contributed by atoms with Crippen molar-refractivity contribution in [3.05, 3.63) is 29.8 Å². The Bertz CT molecular complexity index is 1010. The summed E-state index contributed by atoms with van der Waals surface area (Å²) in [4.78, 5) is 64.2. The van der Waals surface area contributed by atoms with Crippen LogP contribution in [-0.2, 0) is 28.7 Å². The number of amides is 4. The quantitative estimate of drug-likeness (QED) is 0.336. The lowest BCUT2D eigenvalue weighted by atomic mass is 10.0.